The molecule has 0 aromatic carbocycles. The second-order valence-electron chi connectivity index (χ2n) is 7.51. The van der Waals surface area contributed by atoms with Gasteiger partial charge in [-0.1, -0.05) is 25.0 Å². The summed E-state index contributed by atoms with van der Waals surface area (Å²) in [6.45, 7) is 0.999. The zero-order valence-corrected chi connectivity index (χ0v) is 15.9. The van der Waals surface area contributed by atoms with E-state index in [-0.39, 0.29) is 11.5 Å². The molecule has 0 bridgehead atoms. The van der Waals surface area contributed by atoms with Crippen LogP contribution in [0.4, 0.5) is 0 Å². The van der Waals surface area contributed by atoms with Crippen molar-refractivity contribution in [3.05, 3.63) is 68.4 Å². The van der Waals surface area contributed by atoms with Crippen molar-refractivity contribution < 1.29 is 4.79 Å². The third kappa shape index (κ3) is 2.54. The highest BCUT2D eigenvalue weighted by atomic mass is 32.1. The molecule has 4 heterocycles. The minimum atomic E-state index is -0.397. The van der Waals surface area contributed by atoms with Crippen molar-refractivity contribution in [2.45, 2.75) is 44.1 Å². The molecule has 5 rings (SSSR count). The summed E-state index contributed by atoms with van der Waals surface area (Å²) in [5.74, 6) is 0.186. The molecule has 5 nitrogen and oxygen atoms in total. The minimum Gasteiger partial charge on any atom is -0.337 e. The van der Waals surface area contributed by atoms with E-state index >= 15 is 0 Å². The van der Waals surface area contributed by atoms with Crippen molar-refractivity contribution in [1.29, 1.82) is 0 Å². The Bertz CT molecular complexity index is 1060. The topological polar surface area (TPSA) is 54.7 Å². The molecule has 6 heteroatoms. The smallest absolute Gasteiger partial charge is 0.263 e. The Hall–Kier alpha value is -2.47. The lowest BCUT2D eigenvalue weighted by Crippen LogP contribution is -2.48. The lowest BCUT2D eigenvalue weighted by Gasteiger charge is -2.36. The zero-order chi connectivity index (χ0) is 18.4. The van der Waals surface area contributed by atoms with Gasteiger partial charge in [0, 0.05) is 24.0 Å². The lowest BCUT2D eigenvalue weighted by atomic mass is 9.82. The molecule has 0 radical (unpaired) electrons. The van der Waals surface area contributed by atoms with Gasteiger partial charge in [0.25, 0.3) is 5.56 Å². The Labute approximate surface area is 161 Å². The number of carbonyl (C=O) groups excluding carboxylic acids is 1. The number of pyridine rings is 1. The third-order valence-corrected chi connectivity index (χ3v) is 7.10. The summed E-state index contributed by atoms with van der Waals surface area (Å²) in [5.41, 5.74) is 1.73. The maximum Gasteiger partial charge on any atom is 0.263 e. The average Bonchev–Trinajstić information content (AvgIpc) is 3.40. The SMILES string of the molecule is O=C(N1CCc2nc3ccccn3c(=O)c2C1)C1(c2cccs2)CCCC1. The van der Waals surface area contributed by atoms with Crippen LogP contribution in [0, 0.1) is 0 Å². The van der Waals surface area contributed by atoms with Gasteiger partial charge in [0.15, 0.2) is 0 Å². The highest BCUT2D eigenvalue weighted by Gasteiger charge is 2.46. The van der Waals surface area contributed by atoms with Gasteiger partial charge in [-0.15, -0.1) is 11.3 Å². The number of thiophene rings is 1. The highest BCUT2D eigenvalue weighted by molar-refractivity contribution is 7.10. The number of carbonyl (C=O) groups is 1. The van der Waals surface area contributed by atoms with Crippen molar-refractivity contribution in [2.24, 2.45) is 0 Å². The van der Waals surface area contributed by atoms with Crippen LogP contribution >= 0.6 is 11.3 Å². The Kier molecular flexibility index (Phi) is 3.90. The summed E-state index contributed by atoms with van der Waals surface area (Å²) in [6.07, 6.45) is 6.37. The Morgan fingerprint density at radius 2 is 2.00 bits per heavy atom. The van der Waals surface area contributed by atoms with E-state index in [0.29, 0.717) is 30.7 Å². The predicted octanol–water partition coefficient (Wildman–Crippen LogP) is 3.15. The number of aromatic nitrogens is 2. The number of nitrogens with zero attached hydrogens (tertiary/aromatic N) is 3. The standard InChI is InChI=1S/C21H21N3O2S/c25-19-15-14-23(12-8-16(15)22-18-7-1-4-11-24(18)19)20(26)21(9-2-3-10-21)17-6-5-13-27-17/h1,4-7,11,13H,2-3,8-10,12,14H2. The molecular formula is C21H21N3O2S. The van der Waals surface area contributed by atoms with Crippen LogP contribution in [-0.4, -0.2) is 26.7 Å². The van der Waals surface area contributed by atoms with E-state index in [1.54, 1.807) is 21.9 Å². The molecule has 1 amide bonds. The van der Waals surface area contributed by atoms with Crippen molar-refractivity contribution in [3.8, 4) is 0 Å². The maximum atomic E-state index is 13.6. The van der Waals surface area contributed by atoms with E-state index in [1.807, 2.05) is 29.2 Å². The molecule has 27 heavy (non-hydrogen) atoms. The van der Waals surface area contributed by atoms with Gasteiger partial charge in [-0.3, -0.25) is 14.0 Å². The molecule has 0 unspecified atom stereocenters. The van der Waals surface area contributed by atoms with Gasteiger partial charge in [0.1, 0.15) is 5.65 Å². The zero-order valence-electron chi connectivity index (χ0n) is 15.1. The molecule has 0 atom stereocenters. The number of rotatable bonds is 2. The molecular weight excluding hydrogens is 358 g/mol. The van der Waals surface area contributed by atoms with Crippen molar-refractivity contribution in [3.63, 3.8) is 0 Å². The molecule has 1 fully saturated rings. The van der Waals surface area contributed by atoms with Crippen LogP contribution in [0.3, 0.4) is 0 Å². The fourth-order valence-electron chi connectivity index (χ4n) is 4.62. The first kappa shape index (κ1) is 16.7. The van der Waals surface area contributed by atoms with Gasteiger partial charge in [-0.25, -0.2) is 4.98 Å². The first-order valence-corrected chi connectivity index (χ1v) is 10.4. The van der Waals surface area contributed by atoms with Gasteiger partial charge in [-0.2, -0.15) is 0 Å². The molecule has 0 N–H and O–H groups in total. The van der Waals surface area contributed by atoms with Crippen LogP contribution in [0.15, 0.2) is 46.7 Å². The molecule has 0 spiro atoms. The number of hydrogen-bond acceptors (Lipinski definition) is 4. The maximum absolute atomic E-state index is 13.6. The second kappa shape index (κ2) is 6.30. The third-order valence-electron chi connectivity index (χ3n) is 6.03. The van der Waals surface area contributed by atoms with Gasteiger partial charge in [-0.05, 0) is 36.4 Å². The van der Waals surface area contributed by atoms with Crippen LogP contribution in [0.1, 0.15) is 41.8 Å². The van der Waals surface area contributed by atoms with Gasteiger partial charge in [0.05, 0.1) is 23.2 Å². The molecule has 1 aliphatic heterocycles. The quantitative estimate of drug-likeness (QED) is 0.687. The fourth-order valence-corrected chi connectivity index (χ4v) is 5.60. The molecule has 1 aliphatic carbocycles. The van der Waals surface area contributed by atoms with Gasteiger partial charge >= 0.3 is 0 Å². The second-order valence-corrected chi connectivity index (χ2v) is 8.46. The summed E-state index contributed by atoms with van der Waals surface area (Å²) in [5, 5.41) is 2.05. The van der Waals surface area contributed by atoms with Crippen LogP contribution in [0.25, 0.3) is 5.65 Å². The number of hydrogen-bond donors (Lipinski definition) is 0. The van der Waals surface area contributed by atoms with E-state index < -0.39 is 5.41 Å². The van der Waals surface area contributed by atoms with Crippen LogP contribution in [0.5, 0.6) is 0 Å². The van der Waals surface area contributed by atoms with Crippen molar-refractivity contribution in [1.82, 2.24) is 14.3 Å². The molecule has 1 saturated carbocycles. The number of amides is 1. The summed E-state index contributed by atoms with van der Waals surface area (Å²) in [7, 11) is 0. The van der Waals surface area contributed by atoms with E-state index in [4.69, 9.17) is 0 Å². The molecule has 2 aliphatic rings. The first-order chi connectivity index (χ1) is 13.2. The monoisotopic (exact) mass is 379 g/mol. The van der Waals surface area contributed by atoms with E-state index in [1.165, 1.54) is 4.88 Å². The van der Waals surface area contributed by atoms with Crippen LogP contribution < -0.4 is 5.56 Å². The van der Waals surface area contributed by atoms with Gasteiger partial charge in [0.2, 0.25) is 5.91 Å². The van der Waals surface area contributed by atoms with E-state index in [2.05, 4.69) is 16.4 Å². The molecule has 138 valence electrons. The summed E-state index contributed by atoms with van der Waals surface area (Å²) in [6, 6.07) is 9.69. The molecule has 3 aromatic heterocycles. The normalized spacial score (nSPS) is 18.6. The first-order valence-electron chi connectivity index (χ1n) is 9.51. The highest BCUT2D eigenvalue weighted by Crippen LogP contribution is 2.45. The fraction of sp³-hybridized carbons (Fsp3) is 0.381. The van der Waals surface area contributed by atoms with Crippen molar-refractivity contribution >= 4 is 22.9 Å². The predicted molar refractivity (Wildman–Crippen MR) is 105 cm³/mol. The largest absolute Gasteiger partial charge is 0.337 e. The van der Waals surface area contributed by atoms with E-state index in [9.17, 15) is 9.59 Å². The average molecular weight is 379 g/mol. The summed E-state index contributed by atoms with van der Waals surface area (Å²) >= 11 is 1.68. The Morgan fingerprint density at radius 1 is 1.15 bits per heavy atom. The van der Waals surface area contributed by atoms with Crippen LogP contribution in [-0.2, 0) is 23.2 Å². The van der Waals surface area contributed by atoms with Crippen LogP contribution in [0.2, 0.25) is 0 Å². The summed E-state index contributed by atoms with van der Waals surface area (Å²) in [4.78, 5) is 34.3. The van der Waals surface area contributed by atoms with Gasteiger partial charge < -0.3 is 4.90 Å². The minimum absolute atomic E-state index is 0.0512. The summed E-state index contributed by atoms with van der Waals surface area (Å²) < 4.78 is 1.58. The Morgan fingerprint density at radius 3 is 2.78 bits per heavy atom. The van der Waals surface area contributed by atoms with Crippen molar-refractivity contribution in [2.75, 3.05) is 6.54 Å². The number of fused-ring (bicyclic) bond motifs is 2. The van der Waals surface area contributed by atoms with E-state index in [0.717, 1.165) is 31.4 Å². The lowest BCUT2D eigenvalue weighted by molar-refractivity contribution is -0.138. The molecule has 3 aromatic rings. The Balaban J connectivity index is 1.53. The molecule has 0 saturated heterocycles.